The van der Waals surface area contributed by atoms with Crippen LogP contribution in [0.15, 0.2) is 41.5 Å². The number of aliphatic hydroxyl groups excluding tert-OH is 1. The van der Waals surface area contributed by atoms with E-state index in [4.69, 9.17) is 9.47 Å². The monoisotopic (exact) mass is 455 g/mol. The predicted molar refractivity (Wildman–Crippen MR) is 126 cm³/mol. The normalized spacial score (nSPS) is 31.5. The van der Waals surface area contributed by atoms with Crippen molar-refractivity contribution in [3.05, 3.63) is 47.0 Å². The Labute approximate surface area is 193 Å². The van der Waals surface area contributed by atoms with Gasteiger partial charge in [0.15, 0.2) is 5.76 Å². The number of carbonyl (C=O) groups is 1. The summed E-state index contributed by atoms with van der Waals surface area (Å²) in [6, 6.07) is 8.68. The van der Waals surface area contributed by atoms with Gasteiger partial charge >= 0.3 is 0 Å². The lowest BCUT2D eigenvalue weighted by atomic mass is 9.80. The number of amides is 1. The summed E-state index contributed by atoms with van der Waals surface area (Å²) in [6.07, 6.45) is 7.84. The van der Waals surface area contributed by atoms with Crippen LogP contribution in [0.3, 0.4) is 0 Å². The summed E-state index contributed by atoms with van der Waals surface area (Å²) in [7, 11) is 0. The van der Waals surface area contributed by atoms with Crippen LogP contribution in [0.2, 0.25) is 0 Å². The maximum atomic E-state index is 13.3. The van der Waals surface area contributed by atoms with Crippen molar-refractivity contribution in [2.24, 2.45) is 17.8 Å². The second kappa shape index (κ2) is 9.54. The molecule has 2 bridgehead atoms. The van der Waals surface area contributed by atoms with Crippen LogP contribution >= 0.6 is 11.3 Å². The van der Waals surface area contributed by atoms with E-state index in [1.807, 2.05) is 13.0 Å². The van der Waals surface area contributed by atoms with Crippen LogP contribution in [0, 0.1) is 17.8 Å². The summed E-state index contributed by atoms with van der Waals surface area (Å²) in [5, 5.41) is 16.2. The number of ether oxygens (including phenoxy) is 2. The molecule has 3 unspecified atom stereocenters. The van der Waals surface area contributed by atoms with Gasteiger partial charge in [0.1, 0.15) is 0 Å². The Hall–Kier alpha value is -1.89. The molecule has 1 aromatic carbocycles. The molecule has 32 heavy (non-hydrogen) atoms. The minimum atomic E-state index is -0.499. The Bertz CT molecular complexity index is 985. The van der Waals surface area contributed by atoms with E-state index in [0.717, 1.165) is 18.8 Å². The minimum Gasteiger partial charge on any atom is -0.459 e. The summed E-state index contributed by atoms with van der Waals surface area (Å²) in [5.41, 5.74) is 1.21. The molecule has 1 amide bonds. The maximum Gasteiger partial charge on any atom is 0.286 e. The van der Waals surface area contributed by atoms with Crippen LogP contribution in [0.1, 0.15) is 56.9 Å². The molecule has 6 atom stereocenters. The third-order valence-electron chi connectivity index (χ3n) is 7.56. The zero-order valence-electron chi connectivity index (χ0n) is 18.7. The van der Waals surface area contributed by atoms with Crippen molar-refractivity contribution in [3.63, 3.8) is 0 Å². The highest BCUT2D eigenvalue weighted by Gasteiger charge is 2.42. The molecule has 2 saturated carbocycles. The molecule has 2 aliphatic carbocycles. The predicted octanol–water partition coefficient (Wildman–Crippen LogP) is 4.96. The van der Waals surface area contributed by atoms with Crippen molar-refractivity contribution < 1.29 is 19.4 Å². The molecule has 2 N–H and O–H groups in total. The number of aliphatic hydroxyl groups is 1. The van der Waals surface area contributed by atoms with Gasteiger partial charge in [-0.3, -0.25) is 4.79 Å². The quantitative estimate of drug-likeness (QED) is 0.591. The lowest BCUT2D eigenvalue weighted by Crippen LogP contribution is -2.43. The third-order valence-corrected chi connectivity index (χ3v) is 8.54. The second-order valence-electron chi connectivity index (χ2n) is 9.47. The van der Waals surface area contributed by atoms with E-state index in [9.17, 15) is 9.90 Å². The lowest BCUT2D eigenvalue weighted by Gasteiger charge is -2.37. The number of hydrogen-bond acceptors (Lipinski definition) is 5. The largest absolute Gasteiger partial charge is 0.459 e. The molecule has 0 saturated heterocycles. The van der Waals surface area contributed by atoms with Gasteiger partial charge in [0.05, 0.1) is 0 Å². The summed E-state index contributed by atoms with van der Waals surface area (Å²) in [6.45, 7) is 2.60. The number of fused-ring (bicyclic) bond motifs is 3. The number of carbonyl (C=O) groups excluding carboxylic acids is 1. The van der Waals surface area contributed by atoms with E-state index in [0.29, 0.717) is 24.7 Å². The average Bonchev–Trinajstić information content (AvgIpc) is 3.53. The fraction of sp³-hybridized carbons (Fsp3) is 0.577. The minimum absolute atomic E-state index is 0.00350. The van der Waals surface area contributed by atoms with Crippen LogP contribution in [0.4, 0.5) is 0 Å². The molecule has 0 spiro atoms. The zero-order valence-corrected chi connectivity index (χ0v) is 19.5. The van der Waals surface area contributed by atoms with E-state index in [-0.39, 0.29) is 30.4 Å². The SMILES string of the molecule is CCO[C@H]1OC(C(=O)NC2CC3CCC2C3)=C[C@@H](c2csc3ccccc23)[C@@H]1CCCO. The van der Waals surface area contributed by atoms with Crippen LogP contribution in [-0.2, 0) is 14.3 Å². The Morgan fingerprint density at radius 2 is 2.16 bits per heavy atom. The molecule has 172 valence electrons. The fourth-order valence-corrected chi connectivity index (χ4v) is 7.05. The van der Waals surface area contributed by atoms with Gasteiger partial charge in [-0.05, 0) is 79.3 Å². The van der Waals surface area contributed by atoms with E-state index in [2.05, 4.69) is 35.0 Å². The molecular formula is C26H33NO4S. The Morgan fingerprint density at radius 3 is 2.91 bits per heavy atom. The van der Waals surface area contributed by atoms with Crippen LogP contribution in [-0.4, -0.2) is 36.6 Å². The molecule has 0 radical (unpaired) electrons. The zero-order chi connectivity index (χ0) is 22.1. The summed E-state index contributed by atoms with van der Waals surface area (Å²) in [5.74, 6) is 1.70. The highest BCUT2D eigenvalue weighted by molar-refractivity contribution is 7.17. The van der Waals surface area contributed by atoms with Crippen LogP contribution in [0.5, 0.6) is 0 Å². The number of nitrogens with one attached hydrogen (secondary N) is 1. The molecule has 1 aliphatic heterocycles. The van der Waals surface area contributed by atoms with E-state index < -0.39 is 6.29 Å². The first-order chi connectivity index (χ1) is 15.7. The average molecular weight is 456 g/mol. The maximum absolute atomic E-state index is 13.3. The molecule has 3 aliphatic rings. The second-order valence-corrected chi connectivity index (χ2v) is 10.4. The van der Waals surface area contributed by atoms with Crippen LogP contribution < -0.4 is 5.32 Å². The van der Waals surface area contributed by atoms with Gasteiger partial charge in [0.25, 0.3) is 5.91 Å². The summed E-state index contributed by atoms with van der Waals surface area (Å²) >= 11 is 1.73. The highest BCUT2D eigenvalue weighted by Crippen LogP contribution is 2.46. The Balaban J connectivity index is 1.46. The number of thiophene rings is 1. The van der Waals surface area contributed by atoms with Gasteiger partial charge in [-0.15, -0.1) is 11.3 Å². The third kappa shape index (κ3) is 4.20. The van der Waals surface area contributed by atoms with Gasteiger partial charge in [0, 0.05) is 35.8 Å². The van der Waals surface area contributed by atoms with E-state index >= 15 is 0 Å². The van der Waals surface area contributed by atoms with Crippen molar-refractivity contribution in [2.75, 3.05) is 13.2 Å². The Kier molecular flexibility index (Phi) is 6.54. The molecule has 2 fully saturated rings. The van der Waals surface area contributed by atoms with Crippen LogP contribution in [0.25, 0.3) is 10.1 Å². The summed E-state index contributed by atoms with van der Waals surface area (Å²) < 4.78 is 13.4. The fourth-order valence-electron chi connectivity index (χ4n) is 6.04. The van der Waals surface area contributed by atoms with Gasteiger partial charge in [0.2, 0.25) is 6.29 Å². The van der Waals surface area contributed by atoms with Crippen molar-refractivity contribution in [2.45, 2.75) is 63.7 Å². The Morgan fingerprint density at radius 1 is 1.28 bits per heavy atom. The number of rotatable bonds is 8. The highest BCUT2D eigenvalue weighted by atomic mass is 32.1. The molecule has 5 rings (SSSR count). The van der Waals surface area contributed by atoms with Crippen molar-refractivity contribution in [3.8, 4) is 0 Å². The summed E-state index contributed by atoms with van der Waals surface area (Å²) in [4.78, 5) is 13.3. The first-order valence-corrected chi connectivity index (χ1v) is 12.9. The number of benzene rings is 1. The van der Waals surface area contributed by atoms with Crippen molar-refractivity contribution in [1.82, 2.24) is 5.32 Å². The van der Waals surface area contributed by atoms with Gasteiger partial charge in [-0.2, -0.15) is 0 Å². The van der Waals surface area contributed by atoms with E-state index in [1.165, 1.54) is 34.9 Å². The first-order valence-electron chi connectivity index (χ1n) is 12.1. The van der Waals surface area contributed by atoms with Gasteiger partial charge < -0.3 is 19.9 Å². The lowest BCUT2D eigenvalue weighted by molar-refractivity contribution is -0.166. The molecule has 1 aromatic heterocycles. The number of hydrogen-bond donors (Lipinski definition) is 2. The smallest absolute Gasteiger partial charge is 0.286 e. The van der Waals surface area contributed by atoms with Gasteiger partial charge in [-0.1, -0.05) is 24.6 Å². The van der Waals surface area contributed by atoms with Crippen molar-refractivity contribution >= 4 is 27.3 Å². The molecule has 2 aromatic rings. The van der Waals surface area contributed by atoms with Crippen molar-refractivity contribution in [1.29, 1.82) is 0 Å². The molecule has 6 heteroatoms. The topological polar surface area (TPSA) is 67.8 Å². The van der Waals surface area contributed by atoms with E-state index in [1.54, 1.807) is 11.3 Å². The standard InChI is InChI=1S/C26H33NO4S/c1-2-30-26-19(7-5-11-28)20(21-15-32-24-8-4-3-6-18(21)24)14-23(31-26)25(29)27-22-13-16-9-10-17(22)12-16/h3-4,6,8,14-17,19-20,22,26,28H,2,5,7,9-13H2,1H3,(H,27,29)/t16?,17?,19-,20+,22?,26-/m0/s1. The number of allylic oxidation sites excluding steroid dienone is 1. The first kappa shape index (κ1) is 21.9. The molecule has 5 nitrogen and oxygen atoms in total. The molecule has 2 heterocycles. The van der Waals surface area contributed by atoms with Gasteiger partial charge in [-0.25, -0.2) is 0 Å². The molecular weight excluding hydrogens is 422 g/mol.